The maximum absolute atomic E-state index is 11.7. The van der Waals surface area contributed by atoms with E-state index in [0.717, 1.165) is 30.2 Å². The van der Waals surface area contributed by atoms with Crippen molar-refractivity contribution in [3.63, 3.8) is 0 Å². The minimum atomic E-state index is -0.128. The van der Waals surface area contributed by atoms with E-state index in [-0.39, 0.29) is 5.91 Å². The Hall–Kier alpha value is -1.33. The summed E-state index contributed by atoms with van der Waals surface area (Å²) in [6, 6.07) is 0. The molecule has 1 aromatic rings. The predicted molar refractivity (Wildman–Crippen MR) is 83.2 cm³/mol. The topological polar surface area (TPSA) is 56.2 Å². The molecule has 5 nitrogen and oxygen atoms in total. The third kappa shape index (κ3) is 5.17. The second kappa shape index (κ2) is 7.61. The van der Waals surface area contributed by atoms with E-state index in [4.69, 9.17) is 16.3 Å². The van der Waals surface area contributed by atoms with Gasteiger partial charge in [0.1, 0.15) is 5.15 Å². The van der Waals surface area contributed by atoms with Crippen LogP contribution in [0, 0.1) is 12.8 Å². The molecule has 21 heavy (non-hydrogen) atoms. The number of nitrogens with one attached hydrogen (secondary N) is 1. The zero-order valence-corrected chi connectivity index (χ0v) is 13.3. The summed E-state index contributed by atoms with van der Waals surface area (Å²) in [5.41, 5.74) is 1.59. The Bertz CT molecular complexity index is 521. The van der Waals surface area contributed by atoms with Crippen LogP contribution < -0.4 is 5.32 Å². The number of carbonyl (C=O) groups excluding carboxylic acids is 1. The molecule has 6 heteroatoms. The Balaban J connectivity index is 1.65. The van der Waals surface area contributed by atoms with Gasteiger partial charge < -0.3 is 10.1 Å². The molecule has 1 amide bonds. The van der Waals surface area contributed by atoms with E-state index in [1.165, 1.54) is 18.9 Å². The highest BCUT2D eigenvalue weighted by atomic mass is 35.5. The summed E-state index contributed by atoms with van der Waals surface area (Å²) in [5, 5.41) is 7.55. The molecule has 1 aliphatic carbocycles. The summed E-state index contributed by atoms with van der Waals surface area (Å²) < 4.78 is 7.09. The zero-order chi connectivity index (χ0) is 15.2. The maximum atomic E-state index is 11.7. The fraction of sp³-hybridized carbons (Fsp3) is 0.600. The first kappa shape index (κ1) is 16.0. The first-order valence-electron chi connectivity index (χ1n) is 7.30. The number of nitrogens with zero attached hydrogens (tertiary/aromatic N) is 2. The minimum Gasteiger partial charge on any atom is -0.381 e. The number of hydrogen-bond acceptors (Lipinski definition) is 3. The second-order valence-corrected chi connectivity index (χ2v) is 5.77. The van der Waals surface area contributed by atoms with E-state index < -0.39 is 0 Å². The van der Waals surface area contributed by atoms with Crippen molar-refractivity contribution < 1.29 is 9.53 Å². The molecular formula is C15H22ClN3O2. The quantitative estimate of drug-likeness (QED) is 0.592. The predicted octanol–water partition coefficient (Wildman–Crippen LogP) is 2.33. The van der Waals surface area contributed by atoms with Crippen molar-refractivity contribution >= 4 is 23.6 Å². The van der Waals surface area contributed by atoms with Gasteiger partial charge in [0.05, 0.1) is 5.69 Å². The van der Waals surface area contributed by atoms with Crippen LogP contribution in [0.4, 0.5) is 0 Å². The first-order valence-corrected chi connectivity index (χ1v) is 7.68. The van der Waals surface area contributed by atoms with Gasteiger partial charge in [-0.2, -0.15) is 5.10 Å². The molecule has 0 aromatic carbocycles. The number of halogens is 1. The molecule has 0 radical (unpaired) electrons. The van der Waals surface area contributed by atoms with Gasteiger partial charge in [-0.05, 0) is 38.2 Å². The lowest BCUT2D eigenvalue weighted by Gasteiger charge is -2.03. The lowest BCUT2D eigenvalue weighted by Crippen LogP contribution is -2.23. The van der Waals surface area contributed by atoms with Crippen molar-refractivity contribution in [1.29, 1.82) is 0 Å². The van der Waals surface area contributed by atoms with Gasteiger partial charge >= 0.3 is 0 Å². The zero-order valence-electron chi connectivity index (χ0n) is 12.6. The number of ether oxygens (including phenoxy) is 1. The van der Waals surface area contributed by atoms with E-state index in [1.54, 1.807) is 17.8 Å². The van der Waals surface area contributed by atoms with Gasteiger partial charge in [0.25, 0.3) is 0 Å². The van der Waals surface area contributed by atoms with Crippen LogP contribution >= 0.6 is 11.6 Å². The van der Waals surface area contributed by atoms with E-state index in [2.05, 4.69) is 10.4 Å². The first-order chi connectivity index (χ1) is 10.1. The highest BCUT2D eigenvalue weighted by Crippen LogP contribution is 2.28. The highest BCUT2D eigenvalue weighted by Gasteiger charge is 2.20. The Morgan fingerprint density at radius 3 is 2.95 bits per heavy atom. The summed E-state index contributed by atoms with van der Waals surface area (Å²) in [6.45, 7) is 4.05. The molecule has 1 heterocycles. The standard InChI is InChI=1S/C15H22ClN3O2/c1-11-13(15(16)19(2)18-11)6-7-14(20)17-8-3-9-21-10-12-4-5-12/h6-7,12H,3-5,8-10H2,1-2H3,(H,17,20)/b7-6+. The van der Waals surface area contributed by atoms with Crippen LogP contribution in [-0.4, -0.2) is 35.4 Å². The fourth-order valence-electron chi connectivity index (χ4n) is 1.97. The third-order valence-corrected chi connectivity index (χ3v) is 3.86. The monoisotopic (exact) mass is 311 g/mol. The Morgan fingerprint density at radius 1 is 1.57 bits per heavy atom. The lowest BCUT2D eigenvalue weighted by atomic mass is 10.2. The van der Waals surface area contributed by atoms with Crippen LogP contribution in [0.15, 0.2) is 6.08 Å². The molecule has 1 aliphatic rings. The van der Waals surface area contributed by atoms with Crippen molar-refractivity contribution in [1.82, 2.24) is 15.1 Å². The molecule has 0 bridgehead atoms. The minimum absolute atomic E-state index is 0.128. The fourth-order valence-corrected chi connectivity index (χ4v) is 2.21. The third-order valence-electron chi connectivity index (χ3n) is 3.41. The molecule has 0 atom stereocenters. The Kier molecular flexibility index (Phi) is 5.82. The van der Waals surface area contributed by atoms with Crippen LogP contribution in [0.5, 0.6) is 0 Å². The molecule has 1 saturated carbocycles. The van der Waals surface area contributed by atoms with Gasteiger partial charge in [-0.3, -0.25) is 9.48 Å². The van der Waals surface area contributed by atoms with Crippen LogP contribution in [0.3, 0.4) is 0 Å². The SMILES string of the molecule is Cc1nn(C)c(Cl)c1/C=C/C(=O)NCCCOCC1CC1. The van der Waals surface area contributed by atoms with Crippen molar-refractivity contribution in [3.05, 3.63) is 22.5 Å². The number of amides is 1. The summed E-state index contributed by atoms with van der Waals surface area (Å²) in [4.78, 5) is 11.7. The molecule has 1 aromatic heterocycles. The molecule has 1 N–H and O–H groups in total. The van der Waals surface area contributed by atoms with Gasteiger partial charge in [0, 0.05) is 38.4 Å². The molecule has 2 rings (SSSR count). The number of aromatic nitrogens is 2. The normalized spacial score (nSPS) is 14.8. The van der Waals surface area contributed by atoms with Crippen LogP contribution in [0.2, 0.25) is 5.15 Å². The summed E-state index contributed by atoms with van der Waals surface area (Å²) in [6.07, 6.45) is 6.62. The van der Waals surface area contributed by atoms with Crippen molar-refractivity contribution in [2.75, 3.05) is 19.8 Å². The molecule has 1 fully saturated rings. The molecule has 0 unspecified atom stereocenters. The number of carbonyl (C=O) groups is 1. The van der Waals surface area contributed by atoms with E-state index in [9.17, 15) is 4.79 Å². The lowest BCUT2D eigenvalue weighted by molar-refractivity contribution is -0.116. The van der Waals surface area contributed by atoms with Crippen LogP contribution in [-0.2, 0) is 16.6 Å². The summed E-state index contributed by atoms with van der Waals surface area (Å²) in [5.74, 6) is 0.659. The molecule has 116 valence electrons. The van der Waals surface area contributed by atoms with Crippen molar-refractivity contribution in [3.8, 4) is 0 Å². The average molecular weight is 312 g/mol. The average Bonchev–Trinajstić information content (AvgIpc) is 3.22. The van der Waals surface area contributed by atoms with Gasteiger partial charge in [-0.15, -0.1) is 0 Å². The summed E-state index contributed by atoms with van der Waals surface area (Å²) in [7, 11) is 1.77. The Morgan fingerprint density at radius 2 is 2.33 bits per heavy atom. The molecule has 0 saturated heterocycles. The summed E-state index contributed by atoms with van der Waals surface area (Å²) >= 11 is 6.09. The van der Waals surface area contributed by atoms with Crippen molar-refractivity contribution in [2.24, 2.45) is 13.0 Å². The number of aryl methyl sites for hydroxylation is 2. The molecule has 0 spiro atoms. The molecular weight excluding hydrogens is 290 g/mol. The van der Waals surface area contributed by atoms with Crippen molar-refractivity contribution in [2.45, 2.75) is 26.2 Å². The smallest absolute Gasteiger partial charge is 0.244 e. The van der Waals surface area contributed by atoms with Gasteiger partial charge in [-0.25, -0.2) is 0 Å². The number of rotatable bonds is 8. The highest BCUT2D eigenvalue weighted by molar-refractivity contribution is 6.31. The Labute approximate surface area is 130 Å². The van der Waals surface area contributed by atoms with E-state index in [1.807, 2.05) is 6.92 Å². The molecule has 0 aliphatic heterocycles. The van der Waals surface area contributed by atoms with Crippen LogP contribution in [0.1, 0.15) is 30.5 Å². The number of hydrogen-bond donors (Lipinski definition) is 1. The maximum Gasteiger partial charge on any atom is 0.244 e. The second-order valence-electron chi connectivity index (χ2n) is 5.41. The van der Waals surface area contributed by atoms with Gasteiger partial charge in [0.15, 0.2) is 0 Å². The van der Waals surface area contributed by atoms with Crippen LogP contribution in [0.25, 0.3) is 6.08 Å². The van der Waals surface area contributed by atoms with E-state index >= 15 is 0 Å². The van der Waals surface area contributed by atoms with Gasteiger partial charge in [-0.1, -0.05) is 11.6 Å². The largest absolute Gasteiger partial charge is 0.381 e. The van der Waals surface area contributed by atoms with Gasteiger partial charge in [0.2, 0.25) is 5.91 Å². The van der Waals surface area contributed by atoms with E-state index in [0.29, 0.717) is 18.3 Å².